The summed E-state index contributed by atoms with van der Waals surface area (Å²) in [4.78, 5) is 2.34. The van der Waals surface area contributed by atoms with Gasteiger partial charge in [-0.15, -0.1) is 0 Å². The Hall–Kier alpha value is -0.900. The van der Waals surface area contributed by atoms with Crippen molar-refractivity contribution < 1.29 is 5.11 Å². The smallest absolute Gasteiger partial charge is 0.0812 e. The van der Waals surface area contributed by atoms with E-state index in [1.165, 1.54) is 5.56 Å². The van der Waals surface area contributed by atoms with E-state index in [4.69, 9.17) is 5.73 Å². The maximum Gasteiger partial charge on any atom is 0.0812 e. The summed E-state index contributed by atoms with van der Waals surface area (Å²) in [5, 5.41) is 10.7. The highest BCUT2D eigenvalue weighted by Crippen LogP contribution is 2.28. The van der Waals surface area contributed by atoms with Gasteiger partial charge >= 0.3 is 0 Å². The van der Waals surface area contributed by atoms with Crippen molar-refractivity contribution >= 4 is 0 Å². The highest BCUT2D eigenvalue weighted by molar-refractivity contribution is 5.14. The first-order valence-electron chi connectivity index (χ1n) is 6.83. The third-order valence-corrected chi connectivity index (χ3v) is 4.10. The molecule has 1 aromatic carbocycles. The van der Waals surface area contributed by atoms with Gasteiger partial charge in [-0.2, -0.15) is 0 Å². The van der Waals surface area contributed by atoms with Crippen molar-refractivity contribution in [3.63, 3.8) is 0 Å². The second-order valence-electron chi connectivity index (χ2n) is 5.54. The summed E-state index contributed by atoms with van der Waals surface area (Å²) >= 11 is 0. The van der Waals surface area contributed by atoms with E-state index >= 15 is 0 Å². The lowest BCUT2D eigenvalue weighted by molar-refractivity contribution is -0.0690. The zero-order valence-corrected chi connectivity index (χ0v) is 11.2. The van der Waals surface area contributed by atoms with Crippen molar-refractivity contribution in [2.45, 2.75) is 31.9 Å². The third kappa shape index (κ3) is 3.10. The molecule has 0 amide bonds. The maximum atomic E-state index is 10.7. The molecule has 100 valence electrons. The van der Waals surface area contributed by atoms with E-state index < -0.39 is 5.60 Å². The number of hydrogen-bond acceptors (Lipinski definition) is 3. The Labute approximate surface area is 110 Å². The summed E-state index contributed by atoms with van der Waals surface area (Å²) < 4.78 is 0. The summed E-state index contributed by atoms with van der Waals surface area (Å²) in [5.74, 6) is 0.163. The highest BCUT2D eigenvalue weighted by Gasteiger charge is 2.37. The molecule has 1 aliphatic heterocycles. The number of rotatable bonds is 4. The first-order valence-corrected chi connectivity index (χ1v) is 6.83. The largest absolute Gasteiger partial charge is 0.388 e. The van der Waals surface area contributed by atoms with Crippen LogP contribution in [0.15, 0.2) is 30.3 Å². The predicted octanol–water partition coefficient (Wildman–Crippen LogP) is 1.61. The standard InChI is InChI=1S/C15H24N2O/c1-13(10-16)15(18)8-5-9-17(12-15)11-14-6-3-2-4-7-14/h2-4,6-7,13,18H,5,8-12,16H2,1H3. The van der Waals surface area contributed by atoms with Gasteiger partial charge in [-0.25, -0.2) is 0 Å². The molecule has 3 nitrogen and oxygen atoms in total. The lowest BCUT2D eigenvalue weighted by atomic mass is 9.81. The quantitative estimate of drug-likeness (QED) is 0.851. The van der Waals surface area contributed by atoms with E-state index in [1.54, 1.807) is 0 Å². The fourth-order valence-corrected chi connectivity index (χ4v) is 2.75. The number of piperidine rings is 1. The van der Waals surface area contributed by atoms with Crippen LogP contribution in [0.25, 0.3) is 0 Å². The average Bonchev–Trinajstić information content (AvgIpc) is 2.39. The van der Waals surface area contributed by atoms with Crippen LogP contribution < -0.4 is 5.73 Å². The maximum absolute atomic E-state index is 10.7. The summed E-state index contributed by atoms with van der Waals surface area (Å²) in [5.41, 5.74) is 6.41. The van der Waals surface area contributed by atoms with Crippen LogP contribution in [-0.2, 0) is 6.54 Å². The molecule has 0 aliphatic carbocycles. The molecular formula is C15H24N2O. The molecule has 0 spiro atoms. The zero-order chi connectivity index (χ0) is 13.0. The van der Waals surface area contributed by atoms with Crippen LogP contribution in [0.3, 0.4) is 0 Å². The van der Waals surface area contributed by atoms with Gasteiger partial charge in [0.1, 0.15) is 0 Å². The van der Waals surface area contributed by atoms with Crippen molar-refractivity contribution in [1.82, 2.24) is 4.90 Å². The molecule has 0 bridgehead atoms. The van der Waals surface area contributed by atoms with Crippen LogP contribution in [0.2, 0.25) is 0 Å². The van der Waals surface area contributed by atoms with Gasteiger partial charge in [0.2, 0.25) is 0 Å². The van der Waals surface area contributed by atoms with Crippen molar-refractivity contribution in [2.75, 3.05) is 19.6 Å². The van der Waals surface area contributed by atoms with Crippen LogP contribution in [0, 0.1) is 5.92 Å². The number of benzene rings is 1. The molecule has 1 heterocycles. The number of β-amino-alcohol motifs (C(OH)–C–C–N with tert-alkyl or cyclic N) is 1. The summed E-state index contributed by atoms with van der Waals surface area (Å²) in [6, 6.07) is 10.4. The Balaban J connectivity index is 1.99. The molecule has 18 heavy (non-hydrogen) atoms. The topological polar surface area (TPSA) is 49.5 Å². The van der Waals surface area contributed by atoms with Crippen molar-refractivity contribution in [2.24, 2.45) is 11.7 Å². The number of likely N-dealkylation sites (tertiary alicyclic amines) is 1. The molecule has 2 rings (SSSR count). The van der Waals surface area contributed by atoms with E-state index in [9.17, 15) is 5.11 Å². The van der Waals surface area contributed by atoms with Crippen LogP contribution in [0.4, 0.5) is 0 Å². The fraction of sp³-hybridized carbons (Fsp3) is 0.600. The minimum Gasteiger partial charge on any atom is -0.388 e. The lowest BCUT2D eigenvalue weighted by Gasteiger charge is -2.42. The second kappa shape index (κ2) is 5.83. The average molecular weight is 248 g/mol. The summed E-state index contributed by atoms with van der Waals surface area (Å²) in [6.45, 7) is 5.32. The Morgan fingerprint density at radius 3 is 2.78 bits per heavy atom. The van der Waals surface area contributed by atoms with Gasteiger partial charge in [0.25, 0.3) is 0 Å². The number of nitrogens with two attached hydrogens (primary N) is 1. The van der Waals surface area contributed by atoms with E-state index in [1.807, 2.05) is 13.0 Å². The minimum atomic E-state index is -0.609. The Morgan fingerprint density at radius 2 is 2.11 bits per heavy atom. The summed E-state index contributed by atoms with van der Waals surface area (Å²) in [6.07, 6.45) is 1.92. The molecule has 0 radical (unpaired) electrons. The van der Waals surface area contributed by atoms with Crippen LogP contribution in [0.5, 0.6) is 0 Å². The first kappa shape index (κ1) is 13.5. The molecule has 1 saturated heterocycles. The molecule has 1 aliphatic rings. The molecule has 0 saturated carbocycles. The third-order valence-electron chi connectivity index (χ3n) is 4.10. The van der Waals surface area contributed by atoms with Gasteiger partial charge in [-0.05, 0) is 37.4 Å². The Morgan fingerprint density at radius 1 is 1.39 bits per heavy atom. The zero-order valence-electron chi connectivity index (χ0n) is 11.2. The lowest BCUT2D eigenvalue weighted by Crippen LogP contribution is -2.53. The fourth-order valence-electron chi connectivity index (χ4n) is 2.75. The first-order chi connectivity index (χ1) is 8.64. The SMILES string of the molecule is CC(CN)C1(O)CCCN(Cc2ccccc2)C1. The van der Waals surface area contributed by atoms with Gasteiger partial charge < -0.3 is 10.8 Å². The summed E-state index contributed by atoms with van der Waals surface area (Å²) in [7, 11) is 0. The van der Waals surface area contributed by atoms with Gasteiger partial charge in [-0.3, -0.25) is 4.90 Å². The molecule has 2 atom stereocenters. The molecule has 3 N–H and O–H groups in total. The minimum absolute atomic E-state index is 0.163. The molecule has 0 aromatic heterocycles. The predicted molar refractivity (Wildman–Crippen MR) is 74.1 cm³/mol. The Bertz CT molecular complexity index is 368. The molecular weight excluding hydrogens is 224 g/mol. The van der Waals surface area contributed by atoms with Gasteiger partial charge in [0.15, 0.2) is 0 Å². The van der Waals surface area contributed by atoms with E-state index in [2.05, 4.69) is 29.2 Å². The van der Waals surface area contributed by atoms with Crippen molar-refractivity contribution in [3.8, 4) is 0 Å². The van der Waals surface area contributed by atoms with E-state index in [0.717, 1.165) is 32.5 Å². The van der Waals surface area contributed by atoms with Crippen molar-refractivity contribution in [1.29, 1.82) is 0 Å². The molecule has 1 aromatic rings. The Kier molecular flexibility index (Phi) is 4.38. The van der Waals surface area contributed by atoms with Gasteiger partial charge in [0, 0.05) is 13.1 Å². The molecule has 1 fully saturated rings. The van der Waals surface area contributed by atoms with Gasteiger partial charge in [0.05, 0.1) is 5.60 Å². The normalized spacial score (nSPS) is 27.1. The van der Waals surface area contributed by atoms with Gasteiger partial charge in [-0.1, -0.05) is 37.3 Å². The number of hydrogen-bond donors (Lipinski definition) is 2. The second-order valence-corrected chi connectivity index (χ2v) is 5.54. The molecule has 2 unspecified atom stereocenters. The van der Waals surface area contributed by atoms with Crippen LogP contribution in [-0.4, -0.2) is 35.2 Å². The van der Waals surface area contributed by atoms with E-state index in [-0.39, 0.29) is 5.92 Å². The van der Waals surface area contributed by atoms with Crippen LogP contribution in [0.1, 0.15) is 25.3 Å². The highest BCUT2D eigenvalue weighted by atomic mass is 16.3. The number of aliphatic hydroxyl groups is 1. The van der Waals surface area contributed by atoms with E-state index in [0.29, 0.717) is 6.54 Å². The van der Waals surface area contributed by atoms with Crippen LogP contribution >= 0.6 is 0 Å². The number of nitrogens with zero attached hydrogens (tertiary/aromatic N) is 1. The molecule has 3 heteroatoms. The van der Waals surface area contributed by atoms with Crippen molar-refractivity contribution in [3.05, 3.63) is 35.9 Å². The monoisotopic (exact) mass is 248 g/mol.